The summed E-state index contributed by atoms with van der Waals surface area (Å²) in [5.74, 6) is -0.479. The normalized spacial score (nSPS) is 11.0. The summed E-state index contributed by atoms with van der Waals surface area (Å²) in [7, 11) is 0. The van der Waals surface area contributed by atoms with Crippen molar-refractivity contribution in [3.63, 3.8) is 0 Å². The highest BCUT2D eigenvalue weighted by Gasteiger charge is 2.15. The van der Waals surface area contributed by atoms with E-state index in [9.17, 15) is 14.0 Å². The van der Waals surface area contributed by atoms with E-state index in [0.29, 0.717) is 25.1 Å². The van der Waals surface area contributed by atoms with Crippen molar-refractivity contribution in [1.82, 2.24) is 10.6 Å². The lowest BCUT2D eigenvalue weighted by molar-refractivity contribution is 0.0523. The van der Waals surface area contributed by atoms with Gasteiger partial charge in [0.15, 0.2) is 0 Å². The van der Waals surface area contributed by atoms with Crippen LogP contribution < -0.4 is 10.6 Å². The molecule has 0 atom stereocenters. The Morgan fingerprint density at radius 1 is 1.00 bits per heavy atom. The molecular formula is C21H25FN2O3. The second-order valence-corrected chi connectivity index (χ2v) is 7.19. The van der Waals surface area contributed by atoms with Crippen molar-refractivity contribution >= 4 is 12.0 Å². The number of ether oxygens (including phenoxy) is 1. The second-order valence-electron chi connectivity index (χ2n) is 7.19. The minimum Gasteiger partial charge on any atom is -0.444 e. The number of alkyl carbamates (subject to hydrolysis) is 1. The molecule has 0 aliphatic carbocycles. The fourth-order valence-corrected chi connectivity index (χ4v) is 2.38. The number of carbonyl (C=O) groups is 2. The maximum atomic E-state index is 13.1. The molecular weight excluding hydrogens is 347 g/mol. The number of rotatable bonds is 6. The molecule has 2 aromatic rings. The lowest BCUT2D eigenvalue weighted by Crippen LogP contribution is -2.32. The molecule has 0 aromatic heterocycles. The van der Waals surface area contributed by atoms with Gasteiger partial charge in [-0.05, 0) is 62.6 Å². The lowest BCUT2D eigenvalue weighted by Gasteiger charge is -2.19. The van der Waals surface area contributed by atoms with E-state index >= 15 is 0 Å². The van der Waals surface area contributed by atoms with Gasteiger partial charge < -0.3 is 15.4 Å². The van der Waals surface area contributed by atoms with E-state index in [0.717, 1.165) is 11.1 Å². The van der Waals surface area contributed by atoms with E-state index in [4.69, 9.17) is 4.74 Å². The highest BCUT2D eigenvalue weighted by atomic mass is 19.1. The molecule has 0 fully saturated rings. The monoisotopic (exact) mass is 372 g/mol. The van der Waals surface area contributed by atoms with Crippen LogP contribution in [0.15, 0.2) is 48.5 Å². The van der Waals surface area contributed by atoms with Crippen LogP contribution in [0.4, 0.5) is 9.18 Å². The fourth-order valence-electron chi connectivity index (χ4n) is 2.38. The third kappa shape index (κ3) is 7.48. The predicted octanol–water partition coefficient (Wildman–Crippen LogP) is 3.82. The highest BCUT2D eigenvalue weighted by molar-refractivity contribution is 5.94. The van der Waals surface area contributed by atoms with Gasteiger partial charge >= 0.3 is 6.09 Å². The predicted molar refractivity (Wildman–Crippen MR) is 102 cm³/mol. The Kier molecular flexibility index (Phi) is 6.93. The van der Waals surface area contributed by atoms with Crippen molar-refractivity contribution in [3.05, 3.63) is 71.0 Å². The van der Waals surface area contributed by atoms with Crippen LogP contribution >= 0.6 is 0 Å². The molecule has 0 bridgehead atoms. The Morgan fingerprint density at radius 3 is 2.33 bits per heavy atom. The van der Waals surface area contributed by atoms with Crippen molar-refractivity contribution in [3.8, 4) is 0 Å². The van der Waals surface area contributed by atoms with Crippen molar-refractivity contribution in [2.24, 2.45) is 0 Å². The van der Waals surface area contributed by atoms with E-state index in [1.807, 2.05) is 6.07 Å². The summed E-state index contributed by atoms with van der Waals surface area (Å²) >= 11 is 0. The van der Waals surface area contributed by atoms with Gasteiger partial charge in [-0.25, -0.2) is 9.18 Å². The number of hydrogen-bond donors (Lipinski definition) is 2. The maximum Gasteiger partial charge on any atom is 0.407 e. The molecule has 2 amide bonds. The quantitative estimate of drug-likeness (QED) is 0.810. The summed E-state index contributed by atoms with van der Waals surface area (Å²) < 4.78 is 18.3. The first-order chi connectivity index (χ1) is 12.7. The molecule has 0 radical (unpaired) electrons. The molecule has 6 heteroatoms. The first-order valence-corrected chi connectivity index (χ1v) is 8.81. The number of amides is 2. The summed E-state index contributed by atoms with van der Waals surface area (Å²) in [5, 5.41) is 5.48. The zero-order chi connectivity index (χ0) is 19.9. The first kappa shape index (κ1) is 20.4. The summed E-state index contributed by atoms with van der Waals surface area (Å²) in [6, 6.07) is 13.3. The van der Waals surface area contributed by atoms with Crippen LogP contribution in [0, 0.1) is 5.82 Å². The molecule has 0 aliphatic heterocycles. The van der Waals surface area contributed by atoms with E-state index in [-0.39, 0.29) is 11.7 Å². The number of nitrogens with one attached hydrogen (secondary N) is 2. The molecule has 2 rings (SSSR count). The Labute approximate surface area is 158 Å². The number of halogens is 1. The van der Waals surface area contributed by atoms with Crippen LogP contribution in [0.2, 0.25) is 0 Å². The van der Waals surface area contributed by atoms with Crippen molar-refractivity contribution in [2.45, 2.75) is 39.3 Å². The average Bonchev–Trinajstić information content (AvgIpc) is 2.59. The minimum absolute atomic E-state index is 0.196. The lowest BCUT2D eigenvalue weighted by atomic mass is 10.1. The molecule has 2 N–H and O–H groups in total. The van der Waals surface area contributed by atoms with Gasteiger partial charge in [-0.1, -0.05) is 24.3 Å². The average molecular weight is 372 g/mol. The molecule has 0 saturated carbocycles. The Morgan fingerprint density at radius 2 is 1.70 bits per heavy atom. The van der Waals surface area contributed by atoms with Gasteiger partial charge in [0.25, 0.3) is 5.91 Å². The molecule has 144 valence electrons. The van der Waals surface area contributed by atoms with Crippen molar-refractivity contribution < 1.29 is 18.7 Å². The van der Waals surface area contributed by atoms with Crippen LogP contribution in [-0.4, -0.2) is 24.1 Å². The van der Waals surface area contributed by atoms with Crippen LogP contribution in [0.5, 0.6) is 0 Å². The van der Waals surface area contributed by atoms with Gasteiger partial charge in [0.2, 0.25) is 0 Å². The molecule has 0 aliphatic rings. The Balaban J connectivity index is 1.78. The van der Waals surface area contributed by atoms with Crippen LogP contribution in [0.3, 0.4) is 0 Å². The molecule has 5 nitrogen and oxygen atoms in total. The Bertz CT molecular complexity index is 783. The summed E-state index contributed by atoms with van der Waals surface area (Å²) in [6.45, 7) is 6.14. The number of benzene rings is 2. The standard InChI is InChI=1S/C21H25FN2O3/c1-21(2,3)27-20(26)24-14-16-7-9-17(10-8-16)19(25)23-12-11-15-5-4-6-18(22)13-15/h4-10,13H,11-12,14H2,1-3H3,(H,23,25)(H,24,26). The van der Waals surface area contributed by atoms with Gasteiger partial charge in [0, 0.05) is 18.7 Å². The molecule has 0 saturated heterocycles. The maximum absolute atomic E-state index is 13.1. The van der Waals surface area contributed by atoms with E-state index < -0.39 is 11.7 Å². The van der Waals surface area contributed by atoms with E-state index in [2.05, 4.69) is 10.6 Å². The van der Waals surface area contributed by atoms with Gasteiger partial charge in [0.1, 0.15) is 11.4 Å². The molecule has 2 aromatic carbocycles. The highest BCUT2D eigenvalue weighted by Crippen LogP contribution is 2.08. The number of hydrogen-bond acceptors (Lipinski definition) is 3. The van der Waals surface area contributed by atoms with Gasteiger partial charge in [0.05, 0.1) is 0 Å². The van der Waals surface area contributed by atoms with E-state index in [1.54, 1.807) is 51.1 Å². The molecule has 0 heterocycles. The largest absolute Gasteiger partial charge is 0.444 e. The second kappa shape index (κ2) is 9.16. The summed E-state index contributed by atoms with van der Waals surface area (Å²) in [4.78, 5) is 23.8. The number of carbonyl (C=O) groups excluding carboxylic acids is 2. The minimum atomic E-state index is -0.544. The first-order valence-electron chi connectivity index (χ1n) is 8.81. The molecule has 27 heavy (non-hydrogen) atoms. The van der Waals surface area contributed by atoms with Crippen molar-refractivity contribution in [2.75, 3.05) is 6.54 Å². The van der Waals surface area contributed by atoms with E-state index in [1.165, 1.54) is 12.1 Å². The summed E-state index contributed by atoms with van der Waals surface area (Å²) in [5.41, 5.74) is 1.67. The smallest absolute Gasteiger partial charge is 0.407 e. The van der Waals surface area contributed by atoms with Crippen LogP contribution in [0.25, 0.3) is 0 Å². The van der Waals surface area contributed by atoms with Gasteiger partial charge in [-0.3, -0.25) is 4.79 Å². The SMILES string of the molecule is CC(C)(C)OC(=O)NCc1ccc(C(=O)NCCc2cccc(F)c2)cc1. The fraction of sp³-hybridized carbons (Fsp3) is 0.333. The van der Waals surface area contributed by atoms with Gasteiger partial charge in [-0.15, -0.1) is 0 Å². The Hall–Kier alpha value is -2.89. The summed E-state index contributed by atoms with van der Waals surface area (Å²) in [6.07, 6.45) is 0.0724. The van der Waals surface area contributed by atoms with Gasteiger partial charge in [-0.2, -0.15) is 0 Å². The zero-order valence-electron chi connectivity index (χ0n) is 15.8. The van der Waals surface area contributed by atoms with Crippen LogP contribution in [-0.2, 0) is 17.7 Å². The third-order valence-corrected chi connectivity index (χ3v) is 3.64. The topological polar surface area (TPSA) is 67.4 Å². The van der Waals surface area contributed by atoms with Crippen LogP contribution in [0.1, 0.15) is 42.3 Å². The third-order valence-electron chi connectivity index (χ3n) is 3.64. The van der Waals surface area contributed by atoms with Crippen molar-refractivity contribution in [1.29, 1.82) is 0 Å². The molecule has 0 spiro atoms. The molecule has 0 unspecified atom stereocenters. The zero-order valence-corrected chi connectivity index (χ0v) is 15.8.